The Bertz CT molecular complexity index is 681. The third-order valence-corrected chi connectivity index (χ3v) is 4.00. The molecule has 1 aliphatic rings. The van der Waals surface area contributed by atoms with Crippen LogP contribution in [0, 0.1) is 0 Å². The molecule has 2 atom stereocenters. The maximum Gasteiger partial charge on any atom is 0.328 e. The van der Waals surface area contributed by atoms with Gasteiger partial charge >= 0.3 is 11.9 Å². The number of carboxylic acid groups (broad SMARTS) is 2. The lowest BCUT2D eigenvalue weighted by molar-refractivity contribution is -0.153. The molecule has 4 N–H and O–H groups in total. The number of nitrogens with one attached hydrogen (secondary N) is 2. The molecule has 0 aromatic heterocycles. The van der Waals surface area contributed by atoms with Crippen LogP contribution >= 0.6 is 0 Å². The van der Waals surface area contributed by atoms with Crippen molar-refractivity contribution in [3.63, 3.8) is 0 Å². The second kappa shape index (κ2) is 7.81. The standard InChI is InChI=1S/C12H15N3O8S/c1-2-24(22,23)14-7(11(18)19)5-13-6-8(12(20)21)15-9(16)3-4-10(15)17/h2-4,7-8,13-14H,1,5-6H2,(H,18,19)(H,20,21). The summed E-state index contributed by atoms with van der Waals surface area (Å²) in [7, 11) is -4.02. The van der Waals surface area contributed by atoms with Gasteiger partial charge in [-0.25, -0.2) is 13.2 Å². The summed E-state index contributed by atoms with van der Waals surface area (Å²) in [5.41, 5.74) is 0. The molecular weight excluding hydrogens is 346 g/mol. The Morgan fingerprint density at radius 1 is 1.17 bits per heavy atom. The van der Waals surface area contributed by atoms with Gasteiger partial charge in [-0.05, 0) is 0 Å². The molecule has 132 valence electrons. The van der Waals surface area contributed by atoms with Crippen LogP contribution in [-0.4, -0.2) is 72.5 Å². The Balaban J connectivity index is 2.72. The number of carbonyl (C=O) groups is 4. The van der Waals surface area contributed by atoms with Crippen LogP contribution in [-0.2, 0) is 29.2 Å². The first-order valence-corrected chi connectivity index (χ1v) is 8.00. The van der Waals surface area contributed by atoms with E-state index in [0.717, 1.165) is 12.2 Å². The van der Waals surface area contributed by atoms with Crippen LogP contribution in [0.4, 0.5) is 0 Å². The third-order valence-electron chi connectivity index (χ3n) is 2.95. The highest BCUT2D eigenvalue weighted by atomic mass is 32.2. The van der Waals surface area contributed by atoms with Crippen molar-refractivity contribution in [2.45, 2.75) is 12.1 Å². The lowest BCUT2D eigenvalue weighted by Gasteiger charge is -2.23. The summed E-state index contributed by atoms with van der Waals surface area (Å²) in [6.07, 6.45) is 1.83. The molecule has 1 rings (SSSR count). The fraction of sp³-hybridized carbons (Fsp3) is 0.333. The van der Waals surface area contributed by atoms with Gasteiger partial charge in [0.05, 0.1) is 0 Å². The number of hydrogen-bond acceptors (Lipinski definition) is 7. The zero-order valence-electron chi connectivity index (χ0n) is 12.2. The number of sulfonamides is 1. The van der Waals surface area contributed by atoms with Crippen molar-refractivity contribution in [1.82, 2.24) is 14.9 Å². The molecule has 0 bridgehead atoms. The minimum Gasteiger partial charge on any atom is -0.480 e. The Morgan fingerprint density at radius 2 is 1.71 bits per heavy atom. The summed E-state index contributed by atoms with van der Waals surface area (Å²) in [5.74, 6) is -4.60. The number of aliphatic carboxylic acids is 2. The average Bonchev–Trinajstić information content (AvgIpc) is 2.81. The minimum atomic E-state index is -4.02. The van der Waals surface area contributed by atoms with Crippen molar-refractivity contribution < 1.29 is 37.8 Å². The topological polar surface area (TPSA) is 170 Å². The Kier molecular flexibility index (Phi) is 6.34. The summed E-state index contributed by atoms with van der Waals surface area (Å²) in [4.78, 5) is 45.7. The maximum atomic E-state index is 11.5. The van der Waals surface area contributed by atoms with Crippen molar-refractivity contribution >= 4 is 33.8 Å². The van der Waals surface area contributed by atoms with E-state index in [1.54, 1.807) is 0 Å². The molecule has 0 saturated carbocycles. The van der Waals surface area contributed by atoms with Gasteiger partial charge in [-0.1, -0.05) is 6.58 Å². The molecule has 11 nitrogen and oxygen atoms in total. The summed E-state index contributed by atoms with van der Waals surface area (Å²) in [5, 5.41) is 21.0. The van der Waals surface area contributed by atoms with Crippen LogP contribution in [0.25, 0.3) is 0 Å². The Labute approximate surface area is 136 Å². The van der Waals surface area contributed by atoms with Gasteiger partial charge in [0, 0.05) is 30.6 Å². The lowest BCUT2D eigenvalue weighted by Crippen LogP contribution is -2.53. The van der Waals surface area contributed by atoms with E-state index in [0.29, 0.717) is 10.3 Å². The van der Waals surface area contributed by atoms with Crippen molar-refractivity contribution in [3.05, 3.63) is 24.1 Å². The first-order chi connectivity index (χ1) is 11.1. The van der Waals surface area contributed by atoms with E-state index in [1.807, 2.05) is 4.72 Å². The second-order valence-corrected chi connectivity index (χ2v) is 6.27. The largest absolute Gasteiger partial charge is 0.480 e. The smallest absolute Gasteiger partial charge is 0.328 e. The van der Waals surface area contributed by atoms with Crippen molar-refractivity contribution in [2.75, 3.05) is 13.1 Å². The maximum absolute atomic E-state index is 11.5. The first-order valence-electron chi connectivity index (χ1n) is 6.45. The van der Waals surface area contributed by atoms with Crippen LogP contribution in [0.15, 0.2) is 24.1 Å². The molecule has 2 unspecified atom stereocenters. The molecule has 24 heavy (non-hydrogen) atoms. The summed E-state index contributed by atoms with van der Waals surface area (Å²) < 4.78 is 24.4. The van der Waals surface area contributed by atoms with E-state index >= 15 is 0 Å². The van der Waals surface area contributed by atoms with Gasteiger partial charge in [0.15, 0.2) is 0 Å². The highest BCUT2D eigenvalue weighted by Gasteiger charge is 2.35. The van der Waals surface area contributed by atoms with Crippen molar-refractivity contribution in [1.29, 1.82) is 0 Å². The molecule has 0 aromatic carbocycles. The Morgan fingerprint density at radius 3 is 2.12 bits per heavy atom. The SMILES string of the molecule is C=CS(=O)(=O)NC(CNCC(C(=O)O)N1C(=O)C=CC1=O)C(=O)O. The van der Waals surface area contributed by atoms with Gasteiger partial charge < -0.3 is 15.5 Å². The molecule has 0 saturated heterocycles. The van der Waals surface area contributed by atoms with Crippen LogP contribution in [0.5, 0.6) is 0 Å². The number of hydrogen-bond donors (Lipinski definition) is 4. The first kappa shape index (κ1) is 19.5. The molecule has 0 aromatic rings. The van der Waals surface area contributed by atoms with E-state index < -0.39 is 58.9 Å². The second-order valence-electron chi connectivity index (χ2n) is 4.61. The molecule has 0 aliphatic carbocycles. The van der Waals surface area contributed by atoms with E-state index in [2.05, 4.69) is 11.9 Å². The van der Waals surface area contributed by atoms with Crippen molar-refractivity contribution in [2.24, 2.45) is 0 Å². The predicted molar refractivity (Wildman–Crippen MR) is 79.0 cm³/mol. The number of carbonyl (C=O) groups excluding carboxylic acids is 2. The van der Waals surface area contributed by atoms with Crippen LogP contribution in [0.1, 0.15) is 0 Å². The van der Waals surface area contributed by atoms with Crippen LogP contribution in [0.2, 0.25) is 0 Å². The number of carboxylic acids is 2. The highest BCUT2D eigenvalue weighted by Crippen LogP contribution is 2.09. The lowest BCUT2D eigenvalue weighted by atomic mass is 10.2. The van der Waals surface area contributed by atoms with Gasteiger partial charge in [0.2, 0.25) is 10.0 Å². The predicted octanol–water partition coefficient (Wildman–Crippen LogP) is -2.53. The molecule has 1 heterocycles. The van der Waals surface area contributed by atoms with Gasteiger partial charge in [-0.3, -0.25) is 19.3 Å². The van der Waals surface area contributed by atoms with E-state index in [-0.39, 0.29) is 0 Å². The summed E-state index contributed by atoms with van der Waals surface area (Å²) in [6, 6.07) is -3.16. The fourth-order valence-corrected chi connectivity index (χ4v) is 2.48. The quantitative estimate of drug-likeness (QED) is 0.306. The van der Waals surface area contributed by atoms with E-state index in [9.17, 15) is 27.6 Å². The molecular formula is C12H15N3O8S. The Hall–Kier alpha value is -2.57. The molecule has 2 amide bonds. The minimum absolute atomic E-state index is 0.464. The summed E-state index contributed by atoms with van der Waals surface area (Å²) in [6.45, 7) is 2.07. The summed E-state index contributed by atoms with van der Waals surface area (Å²) >= 11 is 0. The monoisotopic (exact) mass is 361 g/mol. The molecule has 1 aliphatic heterocycles. The normalized spacial score (nSPS) is 16.9. The van der Waals surface area contributed by atoms with Gasteiger partial charge in [-0.2, -0.15) is 4.72 Å². The van der Waals surface area contributed by atoms with Crippen LogP contribution < -0.4 is 10.0 Å². The van der Waals surface area contributed by atoms with E-state index in [4.69, 9.17) is 10.2 Å². The number of rotatable bonds is 10. The van der Waals surface area contributed by atoms with Gasteiger partial charge in [0.1, 0.15) is 12.1 Å². The average molecular weight is 361 g/mol. The van der Waals surface area contributed by atoms with Gasteiger partial charge in [-0.15, -0.1) is 0 Å². The zero-order valence-corrected chi connectivity index (χ0v) is 13.0. The number of nitrogens with zero attached hydrogens (tertiary/aromatic N) is 1. The molecule has 0 radical (unpaired) electrons. The number of amides is 2. The van der Waals surface area contributed by atoms with Crippen LogP contribution in [0.3, 0.4) is 0 Å². The fourth-order valence-electron chi connectivity index (χ4n) is 1.80. The number of imide groups is 1. The van der Waals surface area contributed by atoms with Gasteiger partial charge in [0.25, 0.3) is 11.8 Å². The highest BCUT2D eigenvalue weighted by molar-refractivity contribution is 7.92. The molecule has 0 spiro atoms. The molecule has 0 fully saturated rings. The zero-order chi connectivity index (χ0) is 18.5. The van der Waals surface area contributed by atoms with Crippen molar-refractivity contribution in [3.8, 4) is 0 Å². The third kappa shape index (κ3) is 4.97. The van der Waals surface area contributed by atoms with E-state index in [1.165, 1.54) is 0 Å². The molecule has 12 heteroatoms.